The standard InChI is InChI=1S/C15H14N2O2/c1-2-3-4-15(18)19-14-7-5-12(6-8-14)9-13(10-16)11-17/h5-9H,2-4H2,1H3. The van der Waals surface area contributed by atoms with E-state index in [9.17, 15) is 4.79 Å². The lowest BCUT2D eigenvalue weighted by atomic mass is 10.1. The number of carbonyl (C=O) groups is 1. The van der Waals surface area contributed by atoms with Crippen LogP contribution in [0.4, 0.5) is 0 Å². The highest BCUT2D eigenvalue weighted by molar-refractivity contribution is 5.72. The number of nitriles is 2. The third-order valence-electron chi connectivity index (χ3n) is 2.40. The van der Waals surface area contributed by atoms with Crippen LogP contribution in [-0.2, 0) is 4.79 Å². The summed E-state index contributed by atoms with van der Waals surface area (Å²) < 4.78 is 5.14. The number of nitrogens with zero attached hydrogens (tertiary/aromatic N) is 2. The molecule has 4 heteroatoms. The lowest BCUT2D eigenvalue weighted by Crippen LogP contribution is -2.07. The Labute approximate surface area is 112 Å². The van der Waals surface area contributed by atoms with Gasteiger partial charge in [-0.1, -0.05) is 25.5 Å². The minimum absolute atomic E-state index is 0.0349. The van der Waals surface area contributed by atoms with Crippen LogP contribution in [0.3, 0.4) is 0 Å². The van der Waals surface area contributed by atoms with Crippen LogP contribution in [0.2, 0.25) is 0 Å². The molecule has 0 N–H and O–H groups in total. The average Bonchev–Trinajstić information content (AvgIpc) is 2.44. The summed E-state index contributed by atoms with van der Waals surface area (Å²) in [6.45, 7) is 2.01. The molecule has 96 valence electrons. The number of benzene rings is 1. The molecule has 0 amide bonds. The Morgan fingerprint density at radius 3 is 2.42 bits per heavy atom. The summed E-state index contributed by atoms with van der Waals surface area (Å²) >= 11 is 0. The van der Waals surface area contributed by atoms with Gasteiger partial charge in [0.05, 0.1) is 0 Å². The third kappa shape index (κ3) is 5.06. The molecule has 0 saturated heterocycles. The number of hydrogen-bond acceptors (Lipinski definition) is 4. The second-order valence-electron chi connectivity index (χ2n) is 3.93. The highest BCUT2D eigenvalue weighted by atomic mass is 16.5. The Kier molecular flexibility index (Phi) is 5.85. The molecule has 0 atom stereocenters. The van der Waals surface area contributed by atoms with Crippen molar-refractivity contribution in [1.82, 2.24) is 0 Å². The molecule has 0 spiro atoms. The molecule has 1 aromatic rings. The number of rotatable bonds is 5. The van der Waals surface area contributed by atoms with E-state index in [1.54, 1.807) is 36.4 Å². The summed E-state index contributed by atoms with van der Waals surface area (Å²) in [7, 11) is 0. The maximum absolute atomic E-state index is 11.4. The lowest BCUT2D eigenvalue weighted by Gasteiger charge is -2.03. The Morgan fingerprint density at radius 2 is 1.89 bits per heavy atom. The zero-order valence-electron chi connectivity index (χ0n) is 10.7. The second kappa shape index (κ2) is 7.68. The fraction of sp³-hybridized carbons (Fsp3) is 0.267. The van der Waals surface area contributed by atoms with Gasteiger partial charge in [0.2, 0.25) is 0 Å². The van der Waals surface area contributed by atoms with Crippen molar-refractivity contribution in [3.05, 3.63) is 35.4 Å². The van der Waals surface area contributed by atoms with Gasteiger partial charge in [0.25, 0.3) is 0 Å². The minimum atomic E-state index is -0.250. The van der Waals surface area contributed by atoms with Crippen LogP contribution >= 0.6 is 0 Å². The number of allylic oxidation sites excluding steroid dienone is 1. The normalized spacial score (nSPS) is 9.00. The minimum Gasteiger partial charge on any atom is -0.427 e. The monoisotopic (exact) mass is 254 g/mol. The van der Waals surface area contributed by atoms with Gasteiger partial charge in [-0.25, -0.2) is 0 Å². The van der Waals surface area contributed by atoms with Crippen LogP contribution in [0, 0.1) is 22.7 Å². The molecular weight excluding hydrogens is 240 g/mol. The largest absolute Gasteiger partial charge is 0.427 e. The molecule has 19 heavy (non-hydrogen) atoms. The van der Waals surface area contributed by atoms with E-state index in [0.29, 0.717) is 17.7 Å². The van der Waals surface area contributed by atoms with Crippen molar-refractivity contribution < 1.29 is 9.53 Å². The van der Waals surface area contributed by atoms with E-state index < -0.39 is 0 Å². The Hall–Kier alpha value is -2.59. The van der Waals surface area contributed by atoms with Gasteiger partial charge in [-0.05, 0) is 30.2 Å². The van der Waals surface area contributed by atoms with Crippen LogP contribution in [0.25, 0.3) is 6.08 Å². The summed E-state index contributed by atoms with van der Waals surface area (Å²) in [5, 5.41) is 17.3. The number of hydrogen-bond donors (Lipinski definition) is 0. The van der Waals surface area contributed by atoms with Gasteiger partial charge in [0.15, 0.2) is 0 Å². The first kappa shape index (κ1) is 14.5. The van der Waals surface area contributed by atoms with Crippen molar-refractivity contribution in [1.29, 1.82) is 10.5 Å². The molecule has 0 fully saturated rings. The molecule has 0 aliphatic carbocycles. The summed E-state index contributed by atoms with van der Waals surface area (Å²) in [4.78, 5) is 11.4. The number of unbranched alkanes of at least 4 members (excludes halogenated alkanes) is 1. The summed E-state index contributed by atoms with van der Waals surface area (Å²) in [6.07, 6.45) is 3.64. The molecule has 0 heterocycles. The molecule has 0 bridgehead atoms. The first-order valence-corrected chi connectivity index (χ1v) is 6.02. The molecule has 0 aliphatic heterocycles. The van der Waals surface area contributed by atoms with Crippen LogP contribution < -0.4 is 4.74 Å². The highest BCUT2D eigenvalue weighted by Gasteiger charge is 2.03. The molecule has 4 nitrogen and oxygen atoms in total. The second-order valence-corrected chi connectivity index (χ2v) is 3.93. The predicted octanol–water partition coefficient (Wildman–Crippen LogP) is 3.21. The molecule has 1 aromatic carbocycles. The van der Waals surface area contributed by atoms with Gasteiger partial charge >= 0.3 is 5.97 Å². The zero-order chi connectivity index (χ0) is 14.1. The quantitative estimate of drug-likeness (QED) is 0.459. The van der Waals surface area contributed by atoms with E-state index in [-0.39, 0.29) is 11.5 Å². The number of ether oxygens (including phenoxy) is 1. The van der Waals surface area contributed by atoms with Gasteiger partial charge < -0.3 is 4.74 Å². The van der Waals surface area contributed by atoms with E-state index in [1.807, 2.05) is 6.92 Å². The van der Waals surface area contributed by atoms with Gasteiger partial charge in [-0.15, -0.1) is 0 Å². The van der Waals surface area contributed by atoms with Crippen LogP contribution in [0.1, 0.15) is 31.7 Å². The molecule has 0 saturated carbocycles. The van der Waals surface area contributed by atoms with Crippen molar-refractivity contribution in [2.24, 2.45) is 0 Å². The first-order valence-electron chi connectivity index (χ1n) is 6.02. The Bertz CT molecular complexity index is 529. The van der Waals surface area contributed by atoms with Crippen molar-refractivity contribution in [2.45, 2.75) is 26.2 Å². The fourth-order valence-corrected chi connectivity index (χ4v) is 1.39. The summed E-state index contributed by atoms with van der Waals surface area (Å²) in [5.41, 5.74) is 0.749. The number of carbonyl (C=O) groups excluding carboxylic acids is 1. The molecular formula is C15H14N2O2. The fourth-order valence-electron chi connectivity index (χ4n) is 1.39. The van der Waals surface area contributed by atoms with Crippen molar-refractivity contribution in [3.63, 3.8) is 0 Å². The van der Waals surface area contributed by atoms with Gasteiger partial charge in [-0.2, -0.15) is 10.5 Å². The van der Waals surface area contributed by atoms with E-state index in [0.717, 1.165) is 12.8 Å². The van der Waals surface area contributed by atoms with E-state index in [4.69, 9.17) is 15.3 Å². The summed E-state index contributed by atoms with van der Waals surface area (Å²) in [5.74, 6) is 0.216. The molecule has 0 radical (unpaired) electrons. The van der Waals surface area contributed by atoms with E-state index in [2.05, 4.69) is 0 Å². The average molecular weight is 254 g/mol. The maximum Gasteiger partial charge on any atom is 0.311 e. The van der Waals surface area contributed by atoms with E-state index >= 15 is 0 Å². The number of esters is 1. The maximum atomic E-state index is 11.4. The molecule has 0 aromatic heterocycles. The zero-order valence-corrected chi connectivity index (χ0v) is 10.7. The smallest absolute Gasteiger partial charge is 0.311 e. The van der Waals surface area contributed by atoms with Crippen LogP contribution in [0.15, 0.2) is 29.8 Å². The third-order valence-corrected chi connectivity index (χ3v) is 2.40. The predicted molar refractivity (Wildman–Crippen MR) is 70.8 cm³/mol. The van der Waals surface area contributed by atoms with Gasteiger partial charge in [0.1, 0.15) is 23.5 Å². The SMILES string of the molecule is CCCCC(=O)Oc1ccc(C=C(C#N)C#N)cc1. The Balaban J connectivity index is 2.68. The van der Waals surface area contributed by atoms with Gasteiger partial charge in [0, 0.05) is 6.42 Å². The highest BCUT2D eigenvalue weighted by Crippen LogP contribution is 2.15. The topological polar surface area (TPSA) is 73.9 Å². The van der Waals surface area contributed by atoms with Crippen molar-refractivity contribution in [3.8, 4) is 17.9 Å². The van der Waals surface area contributed by atoms with E-state index in [1.165, 1.54) is 6.08 Å². The van der Waals surface area contributed by atoms with Gasteiger partial charge in [-0.3, -0.25) is 4.79 Å². The molecule has 0 unspecified atom stereocenters. The van der Waals surface area contributed by atoms with Crippen LogP contribution in [-0.4, -0.2) is 5.97 Å². The summed E-state index contributed by atoms with van der Waals surface area (Å²) in [6, 6.07) is 10.2. The van der Waals surface area contributed by atoms with Crippen molar-refractivity contribution in [2.75, 3.05) is 0 Å². The first-order chi connectivity index (χ1) is 9.19. The van der Waals surface area contributed by atoms with Crippen LogP contribution in [0.5, 0.6) is 5.75 Å². The Morgan fingerprint density at radius 1 is 1.26 bits per heavy atom. The molecule has 0 aliphatic rings. The lowest BCUT2D eigenvalue weighted by molar-refractivity contribution is -0.134. The molecule has 1 rings (SSSR count). The van der Waals surface area contributed by atoms with Crippen molar-refractivity contribution >= 4 is 12.0 Å².